The molecule has 1 heterocycles. The van der Waals surface area contributed by atoms with Crippen LogP contribution in [-0.4, -0.2) is 39.1 Å². The molecule has 3 aromatic rings. The molecule has 0 atom stereocenters. The fourth-order valence-corrected chi connectivity index (χ4v) is 3.81. The SMILES string of the molecule is COc1cc(NC(=O)c2ccc3c(c2)C(=O)N(c2ccccc2Cl)C3=O)cc(OC)c1OC. The van der Waals surface area contributed by atoms with Crippen LogP contribution in [0.15, 0.2) is 54.6 Å². The van der Waals surface area contributed by atoms with Crippen molar-refractivity contribution in [2.45, 2.75) is 0 Å². The number of amides is 3. The maximum Gasteiger partial charge on any atom is 0.266 e. The molecule has 3 aromatic carbocycles. The molecule has 0 radical (unpaired) electrons. The highest BCUT2D eigenvalue weighted by molar-refractivity contribution is 6.40. The first-order valence-electron chi connectivity index (χ1n) is 9.78. The van der Waals surface area contributed by atoms with Crippen LogP contribution in [0, 0.1) is 0 Å². The highest BCUT2D eigenvalue weighted by atomic mass is 35.5. The Morgan fingerprint density at radius 3 is 2.09 bits per heavy atom. The normalized spacial score (nSPS) is 12.4. The quantitative estimate of drug-likeness (QED) is 0.540. The van der Waals surface area contributed by atoms with E-state index in [4.69, 9.17) is 25.8 Å². The van der Waals surface area contributed by atoms with Gasteiger partial charge >= 0.3 is 0 Å². The lowest BCUT2D eigenvalue weighted by atomic mass is 10.1. The van der Waals surface area contributed by atoms with Crippen LogP contribution in [0.2, 0.25) is 5.02 Å². The molecule has 9 heteroatoms. The van der Waals surface area contributed by atoms with Crippen molar-refractivity contribution in [1.82, 2.24) is 0 Å². The third-order valence-corrected chi connectivity index (χ3v) is 5.48. The summed E-state index contributed by atoms with van der Waals surface area (Å²) in [5.74, 6) is -0.400. The molecule has 33 heavy (non-hydrogen) atoms. The summed E-state index contributed by atoms with van der Waals surface area (Å²) in [6.07, 6.45) is 0. The lowest BCUT2D eigenvalue weighted by Gasteiger charge is -2.15. The number of halogens is 1. The van der Waals surface area contributed by atoms with Gasteiger partial charge in [0.2, 0.25) is 5.75 Å². The first-order valence-corrected chi connectivity index (χ1v) is 10.2. The Morgan fingerprint density at radius 2 is 1.48 bits per heavy atom. The second kappa shape index (κ2) is 8.84. The van der Waals surface area contributed by atoms with Crippen molar-refractivity contribution >= 4 is 40.7 Å². The summed E-state index contributed by atoms with van der Waals surface area (Å²) < 4.78 is 15.9. The molecule has 0 saturated carbocycles. The Balaban J connectivity index is 1.64. The van der Waals surface area contributed by atoms with Crippen LogP contribution in [0.25, 0.3) is 0 Å². The summed E-state index contributed by atoms with van der Waals surface area (Å²) in [6, 6.07) is 14.1. The number of methoxy groups -OCH3 is 3. The third kappa shape index (κ3) is 3.85. The number of nitrogens with one attached hydrogen (secondary N) is 1. The van der Waals surface area contributed by atoms with E-state index in [9.17, 15) is 14.4 Å². The average Bonchev–Trinajstić information content (AvgIpc) is 3.08. The van der Waals surface area contributed by atoms with Crippen LogP contribution in [0.5, 0.6) is 17.2 Å². The van der Waals surface area contributed by atoms with Crippen LogP contribution in [0.4, 0.5) is 11.4 Å². The van der Waals surface area contributed by atoms with E-state index in [-0.39, 0.29) is 27.4 Å². The Kier molecular flexibility index (Phi) is 5.93. The molecule has 8 nitrogen and oxygen atoms in total. The standard InChI is InChI=1S/C24H19ClN2O6/c1-31-19-11-14(12-20(32-2)21(19)33-3)26-22(28)13-8-9-15-16(10-13)24(30)27(23(15)29)18-7-5-4-6-17(18)25/h4-12H,1-3H3,(H,26,28). The second-order valence-electron chi connectivity index (χ2n) is 7.03. The molecular formula is C24H19ClN2O6. The van der Waals surface area contributed by atoms with Gasteiger partial charge in [0.15, 0.2) is 11.5 Å². The Labute approximate surface area is 194 Å². The number of rotatable bonds is 6. The smallest absolute Gasteiger partial charge is 0.266 e. The van der Waals surface area contributed by atoms with Crippen molar-refractivity contribution in [2.24, 2.45) is 0 Å². The number of carbonyl (C=O) groups excluding carboxylic acids is 3. The van der Waals surface area contributed by atoms with Crippen molar-refractivity contribution in [3.05, 3.63) is 76.3 Å². The summed E-state index contributed by atoms with van der Waals surface area (Å²) in [4.78, 5) is 39.8. The minimum Gasteiger partial charge on any atom is -0.493 e. The van der Waals surface area contributed by atoms with Crippen molar-refractivity contribution in [2.75, 3.05) is 31.5 Å². The summed E-state index contributed by atoms with van der Waals surface area (Å²) >= 11 is 6.18. The number of ether oxygens (including phenoxy) is 3. The number of fused-ring (bicyclic) bond motifs is 1. The molecule has 0 aliphatic carbocycles. The molecule has 1 N–H and O–H groups in total. The monoisotopic (exact) mass is 466 g/mol. The summed E-state index contributed by atoms with van der Waals surface area (Å²) in [5.41, 5.74) is 1.20. The average molecular weight is 467 g/mol. The topological polar surface area (TPSA) is 94.2 Å². The molecule has 4 rings (SSSR count). The van der Waals surface area contributed by atoms with Gasteiger partial charge in [-0.3, -0.25) is 14.4 Å². The molecule has 3 amide bonds. The van der Waals surface area contributed by atoms with Crippen LogP contribution < -0.4 is 24.4 Å². The highest BCUT2D eigenvalue weighted by Gasteiger charge is 2.38. The number of nitrogens with zero attached hydrogens (tertiary/aromatic N) is 1. The van der Waals surface area contributed by atoms with E-state index in [1.165, 1.54) is 39.5 Å². The molecule has 0 saturated heterocycles. The van der Waals surface area contributed by atoms with Gasteiger partial charge < -0.3 is 19.5 Å². The van der Waals surface area contributed by atoms with Crippen LogP contribution >= 0.6 is 11.6 Å². The Hall–Kier alpha value is -4.04. The predicted octanol–water partition coefficient (Wildman–Crippen LogP) is 4.42. The molecule has 1 aliphatic heterocycles. The molecule has 0 spiro atoms. The zero-order chi connectivity index (χ0) is 23.7. The molecule has 1 aliphatic rings. The van der Waals surface area contributed by atoms with Crippen LogP contribution in [-0.2, 0) is 0 Å². The second-order valence-corrected chi connectivity index (χ2v) is 7.43. The maximum atomic E-state index is 13.0. The molecule has 0 bridgehead atoms. The first kappa shape index (κ1) is 22.2. The molecule has 0 aromatic heterocycles. The van der Waals surface area contributed by atoms with E-state index in [1.54, 1.807) is 36.4 Å². The Morgan fingerprint density at radius 1 is 0.848 bits per heavy atom. The number of hydrogen-bond acceptors (Lipinski definition) is 6. The van der Waals surface area contributed by atoms with E-state index >= 15 is 0 Å². The fourth-order valence-electron chi connectivity index (χ4n) is 3.59. The van der Waals surface area contributed by atoms with Gasteiger partial charge in [0.1, 0.15) is 0 Å². The van der Waals surface area contributed by atoms with Gasteiger partial charge in [0.05, 0.1) is 43.2 Å². The van der Waals surface area contributed by atoms with Crippen LogP contribution in [0.3, 0.4) is 0 Å². The molecule has 0 fully saturated rings. The predicted molar refractivity (Wildman–Crippen MR) is 123 cm³/mol. The van der Waals surface area contributed by atoms with Gasteiger partial charge in [-0.25, -0.2) is 4.90 Å². The largest absolute Gasteiger partial charge is 0.493 e. The first-order chi connectivity index (χ1) is 15.9. The minimum atomic E-state index is -0.550. The number of benzene rings is 3. The van der Waals surface area contributed by atoms with Gasteiger partial charge in [-0.15, -0.1) is 0 Å². The fraction of sp³-hybridized carbons (Fsp3) is 0.125. The van der Waals surface area contributed by atoms with E-state index in [2.05, 4.69) is 5.32 Å². The zero-order valence-electron chi connectivity index (χ0n) is 18.0. The number of anilines is 2. The lowest BCUT2D eigenvalue weighted by Crippen LogP contribution is -2.29. The van der Waals surface area contributed by atoms with Gasteiger partial charge in [0.25, 0.3) is 17.7 Å². The third-order valence-electron chi connectivity index (χ3n) is 5.16. The van der Waals surface area contributed by atoms with Gasteiger partial charge in [-0.05, 0) is 30.3 Å². The summed E-state index contributed by atoms with van der Waals surface area (Å²) in [7, 11) is 4.42. The van der Waals surface area contributed by atoms with Crippen LogP contribution in [0.1, 0.15) is 31.1 Å². The van der Waals surface area contributed by atoms with Gasteiger partial charge in [-0.1, -0.05) is 23.7 Å². The van der Waals surface area contributed by atoms with E-state index in [0.717, 1.165) is 4.90 Å². The molecule has 0 unspecified atom stereocenters. The number of hydrogen-bond donors (Lipinski definition) is 1. The van der Waals surface area contributed by atoms with Gasteiger partial charge in [0, 0.05) is 23.4 Å². The van der Waals surface area contributed by atoms with Crippen molar-refractivity contribution in [3.63, 3.8) is 0 Å². The Bertz CT molecular complexity index is 1260. The van der Waals surface area contributed by atoms with Crippen molar-refractivity contribution in [1.29, 1.82) is 0 Å². The molecule has 168 valence electrons. The summed E-state index contributed by atoms with van der Waals surface area (Å²) in [6.45, 7) is 0. The minimum absolute atomic E-state index is 0.123. The van der Waals surface area contributed by atoms with Crippen molar-refractivity contribution < 1.29 is 28.6 Å². The van der Waals surface area contributed by atoms with E-state index < -0.39 is 17.7 Å². The van der Waals surface area contributed by atoms with E-state index in [1.807, 2.05) is 0 Å². The molecular weight excluding hydrogens is 448 g/mol. The number of imide groups is 1. The van der Waals surface area contributed by atoms with Crippen molar-refractivity contribution in [3.8, 4) is 17.2 Å². The summed E-state index contributed by atoms with van der Waals surface area (Å²) in [5, 5.41) is 3.01. The van der Waals surface area contributed by atoms with Gasteiger partial charge in [-0.2, -0.15) is 0 Å². The zero-order valence-corrected chi connectivity index (χ0v) is 18.7. The van der Waals surface area contributed by atoms with E-state index in [0.29, 0.717) is 22.9 Å². The number of carbonyl (C=O) groups is 3. The highest BCUT2D eigenvalue weighted by Crippen LogP contribution is 2.40. The number of para-hydroxylation sites is 1. The maximum absolute atomic E-state index is 13.0. The lowest BCUT2D eigenvalue weighted by molar-refractivity contribution is 0.0925.